The first kappa shape index (κ1) is 15.9. The Labute approximate surface area is 140 Å². The molecule has 2 aromatic heterocycles. The van der Waals surface area contributed by atoms with Crippen LogP contribution in [0.3, 0.4) is 0 Å². The fourth-order valence-electron chi connectivity index (χ4n) is 2.80. The third-order valence-electron chi connectivity index (χ3n) is 4.12. The summed E-state index contributed by atoms with van der Waals surface area (Å²) in [6, 6.07) is 8.41. The highest BCUT2D eigenvalue weighted by Gasteiger charge is 2.23. The molecular formula is C17H22N4OS. The molecule has 1 saturated heterocycles. The van der Waals surface area contributed by atoms with Crippen LogP contribution >= 0.6 is 11.3 Å². The SMILES string of the molecule is Cc1ccc(NC2CCN(C(=O)Cc3ccc(C)s3)CC2)nn1. The first-order valence-electron chi connectivity index (χ1n) is 8.00. The average molecular weight is 330 g/mol. The third kappa shape index (κ3) is 4.28. The molecule has 1 aliphatic rings. The Hall–Kier alpha value is -1.95. The van der Waals surface area contributed by atoms with Crippen LogP contribution in [0.1, 0.15) is 28.3 Å². The largest absolute Gasteiger partial charge is 0.366 e. The summed E-state index contributed by atoms with van der Waals surface area (Å²) in [5.41, 5.74) is 0.916. The van der Waals surface area contributed by atoms with Crippen molar-refractivity contribution in [1.29, 1.82) is 0 Å². The van der Waals surface area contributed by atoms with Gasteiger partial charge in [-0.05, 0) is 51.0 Å². The van der Waals surface area contributed by atoms with Crippen molar-refractivity contribution in [2.45, 2.75) is 39.2 Å². The topological polar surface area (TPSA) is 58.1 Å². The van der Waals surface area contributed by atoms with E-state index >= 15 is 0 Å². The molecule has 1 aliphatic heterocycles. The van der Waals surface area contributed by atoms with Gasteiger partial charge in [0.25, 0.3) is 0 Å². The summed E-state index contributed by atoms with van der Waals surface area (Å²) < 4.78 is 0. The van der Waals surface area contributed by atoms with E-state index in [1.807, 2.05) is 24.0 Å². The van der Waals surface area contributed by atoms with E-state index in [4.69, 9.17) is 0 Å². The quantitative estimate of drug-likeness (QED) is 0.936. The van der Waals surface area contributed by atoms with Gasteiger partial charge in [-0.25, -0.2) is 0 Å². The maximum Gasteiger partial charge on any atom is 0.227 e. The fraction of sp³-hybridized carbons (Fsp3) is 0.471. The van der Waals surface area contributed by atoms with Gasteiger partial charge >= 0.3 is 0 Å². The standard InChI is InChI=1S/C17H22N4OS/c1-12-3-6-16(20-19-12)18-14-7-9-21(10-8-14)17(22)11-15-5-4-13(2)23-15/h3-6,14H,7-11H2,1-2H3,(H,18,20). The number of amides is 1. The number of aryl methyl sites for hydroxylation is 2. The van der Waals surface area contributed by atoms with Crippen molar-refractivity contribution in [3.8, 4) is 0 Å². The first-order chi connectivity index (χ1) is 11.1. The van der Waals surface area contributed by atoms with Crippen molar-refractivity contribution in [3.05, 3.63) is 39.7 Å². The minimum atomic E-state index is 0.237. The number of anilines is 1. The molecule has 2 aromatic rings. The Kier molecular flexibility index (Phi) is 4.91. The summed E-state index contributed by atoms with van der Waals surface area (Å²) in [6.45, 7) is 5.61. The molecule has 0 aliphatic carbocycles. The smallest absolute Gasteiger partial charge is 0.227 e. The van der Waals surface area contributed by atoms with Gasteiger partial charge < -0.3 is 10.2 Å². The van der Waals surface area contributed by atoms with E-state index in [1.54, 1.807) is 11.3 Å². The molecule has 6 heteroatoms. The van der Waals surface area contributed by atoms with Crippen LogP contribution in [0.4, 0.5) is 5.82 Å². The molecule has 0 aromatic carbocycles. The van der Waals surface area contributed by atoms with Crippen LogP contribution in [0.25, 0.3) is 0 Å². The summed E-state index contributed by atoms with van der Waals surface area (Å²) in [5.74, 6) is 1.05. The second kappa shape index (κ2) is 7.08. The van der Waals surface area contributed by atoms with Crippen LogP contribution in [0.2, 0.25) is 0 Å². The molecule has 0 spiro atoms. The number of likely N-dealkylation sites (tertiary alicyclic amines) is 1. The summed E-state index contributed by atoms with van der Waals surface area (Å²) in [6.07, 6.45) is 2.43. The van der Waals surface area contributed by atoms with E-state index in [2.05, 4.69) is 34.6 Å². The van der Waals surface area contributed by atoms with E-state index in [1.165, 1.54) is 4.88 Å². The molecule has 0 saturated carbocycles. The minimum Gasteiger partial charge on any atom is -0.366 e. The number of hydrogen-bond donors (Lipinski definition) is 1. The number of aromatic nitrogens is 2. The molecule has 5 nitrogen and oxygen atoms in total. The molecular weight excluding hydrogens is 308 g/mol. The van der Waals surface area contributed by atoms with E-state index in [-0.39, 0.29) is 5.91 Å². The van der Waals surface area contributed by atoms with Crippen molar-refractivity contribution in [3.63, 3.8) is 0 Å². The molecule has 23 heavy (non-hydrogen) atoms. The average Bonchev–Trinajstić information content (AvgIpc) is 2.95. The van der Waals surface area contributed by atoms with Crippen LogP contribution < -0.4 is 5.32 Å². The number of hydrogen-bond acceptors (Lipinski definition) is 5. The van der Waals surface area contributed by atoms with Crippen molar-refractivity contribution in [1.82, 2.24) is 15.1 Å². The van der Waals surface area contributed by atoms with E-state index < -0.39 is 0 Å². The van der Waals surface area contributed by atoms with Gasteiger partial charge in [0, 0.05) is 28.9 Å². The zero-order chi connectivity index (χ0) is 16.2. The normalized spacial score (nSPS) is 15.7. The van der Waals surface area contributed by atoms with Crippen LogP contribution in [0.5, 0.6) is 0 Å². The monoisotopic (exact) mass is 330 g/mol. The molecule has 3 rings (SSSR count). The van der Waals surface area contributed by atoms with Gasteiger partial charge in [-0.1, -0.05) is 0 Å². The molecule has 3 heterocycles. The predicted molar refractivity (Wildman–Crippen MR) is 92.8 cm³/mol. The fourth-order valence-corrected chi connectivity index (χ4v) is 3.68. The predicted octanol–water partition coefficient (Wildman–Crippen LogP) is 2.80. The Balaban J connectivity index is 1.48. The van der Waals surface area contributed by atoms with E-state index in [9.17, 15) is 4.79 Å². The van der Waals surface area contributed by atoms with Gasteiger partial charge in [0.05, 0.1) is 12.1 Å². The van der Waals surface area contributed by atoms with E-state index in [0.29, 0.717) is 12.5 Å². The second-order valence-electron chi connectivity index (χ2n) is 6.05. The molecule has 0 unspecified atom stereocenters. The number of piperidine rings is 1. The molecule has 1 fully saturated rings. The van der Waals surface area contributed by atoms with Gasteiger partial charge in [-0.3, -0.25) is 4.79 Å². The highest BCUT2D eigenvalue weighted by atomic mass is 32.1. The maximum atomic E-state index is 12.4. The second-order valence-corrected chi connectivity index (χ2v) is 7.42. The molecule has 0 atom stereocenters. The minimum absolute atomic E-state index is 0.237. The Morgan fingerprint density at radius 3 is 2.61 bits per heavy atom. The first-order valence-corrected chi connectivity index (χ1v) is 8.82. The van der Waals surface area contributed by atoms with Crippen molar-refractivity contribution < 1.29 is 4.79 Å². The van der Waals surface area contributed by atoms with Crippen LogP contribution in [-0.4, -0.2) is 40.1 Å². The summed E-state index contributed by atoms with van der Waals surface area (Å²) in [5, 5.41) is 11.6. The number of rotatable bonds is 4. The van der Waals surface area contributed by atoms with Crippen LogP contribution in [-0.2, 0) is 11.2 Å². The highest BCUT2D eigenvalue weighted by molar-refractivity contribution is 7.12. The van der Waals surface area contributed by atoms with E-state index in [0.717, 1.165) is 42.3 Å². The lowest BCUT2D eigenvalue weighted by Crippen LogP contribution is -2.43. The van der Waals surface area contributed by atoms with Crippen LogP contribution in [0, 0.1) is 13.8 Å². The summed E-state index contributed by atoms with van der Waals surface area (Å²) in [7, 11) is 0. The lowest BCUT2D eigenvalue weighted by atomic mass is 10.0. The maximum absolute atomic E-state index is 12.4. The lowest BCUT2D eigenvalue weighted by molar-refractivity contribution is -0.131. The molecule has 0 bridgehead atoms. The molecule has 1 amide bonds. The lowest BCUT2D eigenvalue weighted by Gasteiger charge is -2.32. The Morgan fingerprint density at radius 1 is 1.22 bits per heavy atom. The zero-order valence-electron chi connectivity index (χ0n) is 13.6. The van der Waals surface area contributed by atoms with Gasteiger partial charge in [0.2, 0.25) is 5.91 Å². The molecule has 1 N–H and O–H groups in total. The van der Waals surface area contributed by atoms with Crippen molar-refractivity contribution >= 4 is 23.1 Å². The number of carbonyl (C=O) groups is 1. The van der Waals surface area contributed by atoms with Gasteiger partial charge in [0.1, 0.15) is 5.82 Å². The number of nitrogens with one attached hydrogen (secondary N) is 1. The summed E-state index contributed by atoms with van der Waals surface area (Å²) in [4.78, 5) is 16.8. The zero-order valence-corrected chi connectivity index (χ0v) is 14.4. The number of nitrogens with zero attached hydrogens (tertiary/aromatic N) is 3. The third-order valence-corrected chi connectivity index (χ3v) is 5.12. The van der Waals surface area contributed by atoms with Crippen molar-refractivity contribution in [2.24, 2.45) is 0 Å². The van der Waals surface area contributed by atoms with Gasteiger partial charge in [-0.2, -0.15) is 5.10 Å². The van der Waals surface area contributed by atoms with Crippen molar-refractivity contribution in [2.75, 3.05) is 18.4 Å². The summed E-state index contributed by atoms with van der Waals surface area (Å²) >= 11 is 1.71. The Bertz CT molecular complexity index is 659. The van der Waals surface area contributed by atoms with Crippen LogP contribution in [0.15, 0.2) is 24.3 Å². The van der Waals surface area contributed by atoms with Gasteiger partial charge in [0.15, 0.2) is 0 Å². The number of thiophene rings is 1. The Morgan fingerprint density at radius 2 is 2.00 bits per heavy atom. The van der Waals surface area contributed by atoms with Gasteiger partial charge in [-0.15, -0.1) is 16.4 Å². The molecule has 0 radical (unpaired) electrons. The number of carbonyl (C=O) groups excluding carboxylic acids is 1. The highest BCUT2D eigenvalue weighted by Crippen LogP contribution is 2.19. The molecule has 122 valence electrons.